The first kappa shape index (κ1) is 10.2. The molecule has 1 aliphatic rings. The van der Waals surface area contributed by atoms with Crippen molar-refractivity contribution >= 4 is 21.5 Å². The average molecular weight is 253 g/mol. The number of benzene rings is 3. The van der Waals surface area contributed by atoms with Gasteiger partial charge in [-0.15, -0.1) is 0 Å². The van der Waals surface area contributed by atoms with Gasteiger partial charge in [-0.25, -0.2) is 0 Å². The Hall–Kier alpha value is -2.67. The molecular weight excluding hydrogens is 242 g/mol. The topological polar surface area (TPSA) is 12.9 Å². The molecule has 0 saturated carbocycles. The molecule has 0 unspecified atom stereocenters. The molecular formula is C19H11N. The number of hydrogen-bond acceptors (Lipinski definition) is 1. The number of fused-ring (bicyclic) bond motifs is 5. The van der Waals surface area contributed by atoms with Crippen molar-refractivity contribution < 1.29 is 0 Å². The van der Waals surface area contributed by atoms with E-state index in [-0.39, 0.29) is 0 Å². The van der Waals surface area contributed by atoms with E-state index in [1.807, 2.05) is 6.20 Å². The zero-order valence-electron chi connectivity index (χ0n) is 10.8. The van der Waals surface area contributed by atoms with E-state index in [4.69, 9.17) is 0 Å². The van der Waals surface area contributed by atoms with Crippen molar-refractivity contribution in [1.29, 1.82) is 0 Å². The summed E-state index contributed by atoms with van der Waals surface area (Å²) in [7, 11) is 0. The predicted octanol–water partition coefficient (Wildman–Crippen LogP) is 5.04. The molecule has 0 fully saturated rings. The van der Waals surface area contributed by atoms with Gasteiger partial charge < -0.3 is 0 Å². The molecule has 1 heterocycles. The maximum absolute atomic E-state index is 4.63. The fourth-order valence-electron chi connectivity index (χ4n) is 3.40. The van der Waals surface area contributed by atoms with Crippen molar-refractivity contribution in [2.75, 3.05) is 0 Å². The minimum atomic E-state index is 1.12. The van der Waals surface area contributed by atoms with Crippen LogP contribution in [0, 0.1) is 0 Å². The second kappa shape index (κ2) is 3.45. The summed E-state index contributed by atoms with van der Waals surface area (Å²) in [6.45, 7) is 0. The van der Waals surface area contributed by atoms with E-state index in [0.29, 0.717) is 0 Å². The second-order valence-electron chi connectivity index (χ2n) is 5.28. The summed E-state index contributed by atoms with van der Waals surface area (Å²) in [6, 6.07) is 21.6. The van der Waals surface area contributed by atoms with Crippen molar-refractivity contribution in [3.63, 3.8) is 0 Å². The van der Waals surface area contributed by atoms with E-state index < -0.39 is 0 Å². The van der Waals surface area contributed by atoms with Crippen molar-refractivity contribution in [1.82, 2.24) is 4.98 Å². The van der Waals surface area contributed by atoms with E-state index >= 15 is 0 Å². The SMILES string of the molecule is c1ccc2c(c1)-c1nccc3cc4ccccc4c-2c13. The van der Waals surface area contributed by atoms with Crippen LogP contribution in [0.15, 0.2) is 66.9 Å². The summed E-state index contributed by atoms with van der Waals surface area (Å²) in [5, 5.41) is 5.19. The molecule has 20 heavy (non-hydrogen) atoms. The van der Waals surface area contributed by atoms with E-state index in [1.54, 1.807) is 0 Å². The molecule has 0 spiro atoms. The molecule has 1 aliphatic carbocycles. The number of hydrogen-bond donors (Lipinski definition) is 0. The molecule has 1 nitrogen and oxygen atoms in total. The summed E-state index contributed by atoms with van der Waals surface area (Å²) in [5.74, 6) is 0. The van der Waals surface area contributed by atoms with Crippen LogP contribution < -0.4 is 0 Å². The molecule has 3 aromatic carbocycles. The third-order valence-corrected chi connectivity index (χ3v) is 4.23. The summed E-state index contributed by atoms with van der Waals surface area (Å²) in [6.07, 6.45) is 1.92. The van der Waals surface area contributed by atoms with Crippen LogP contribution in [0.3, 0.4) is 0 Å². The van der Waals surface area contributed by atoms with Crippen LogP contribution in [-0.4, -0.2) is 4.98 Å². The normalized spacial score (nSPS) is 12.0. The van der Waals surface area contributed by atoms with Gasteiger partial charge >= 0.3 is 0 Å². The molecule has 0 aliphatic heterocycles. The predicted molar refractivity (Wildman–Crippen MR) is 83.7 cm³/mol. The maximum atomic E-state index is 4.63. The first-order valence-corrected chi connectivity index (χ1v) is 6.84. The van der Waals surface area contributed by atoms with Crippen LogP contribution in [0.25, 0.3) is 43.9 Å². The maximum Gasteiger partial charge on any atom is 0.0793 e. The van der Waals surface area contributed by atoms with Crippen molar-refractivity contribution in [2.45, 2.75) is 0 Å². The Labute approximate surface area is 116 Å². The highest BCUT2D eigenvalue weighted by atomic mass is 14.7. The fraction of sp³-hybridized carbons (Fsp3) is 0. The molecule has 92 valence electrons. The van der Waals surface area contributed by atoms with Crippen LogP contribution >= 0.6 is 0 Å². The largest absolute Gasteiger partial charge is 0.256 e. The molecule has 5 rings (SSSR count). The Balaban J connectivity index is 2.15. The lowest BCUT2D eigenvalue weighted by Gasteiger charge is -2.07. The highest BCUT2D eigenvalue weighted by molar-refractivity contribution is 6.22. The third-order valence-electron chi connectivity index (χ3n) is 4.23. The highest BCUT2D eigenvalue weighted by Gasteiger charge is 2.23. The molecule has 0 atom stereocenters. The minimum absolute atomic E-state index is 1.12. The highest BCUT2D eigenvalue weighted by Crippen LogP contribution is 2.48. The molecule has 0 radical (unpaired) electrons. The lowest BCUT2D eigenvalue weighted by Crippen LogP contribution is -1.82. The van der Waals surface area contributed by atoms with Crippen LogP contribution in [0.4, 0.5) is 0 Å². The Bertz CT molecular complexity index is 999. The number of nitrogens with zero attached hydrogens (tertiary/aromatic N) is 1. The minimum Gasteiger partial charge on any atom is -0.256 e. The Morgan fingerprint density at radius 3 is 2.45 bits per heavy atom. The molecule has 1 aromatic heterocycles. The number of rotatable bonds is 0. The molecule has 0 amide bonds. The van der Waals surface area contributed by atoms with Crippen LogP contribution in [0.1, 0.15) is 0 Å². The second-order valence-corrected chi connectivity index (χ2v) is 5.28. The van der Waals surface area contributed by atoms with Gasteiger partial charge in [0.2, 0.25) is 0 Å². The average Bonchev–Trinajstić information content (AvgIpc) is 2.85. The van der Waals surface area contributed by atoms with Crippen LogP contribution in [-0.2, 0) is 0 Å². The van der Waals surface area contributed by atoms with Gasteiger partial charge in [0.15, 0.2) is 0 Å². The Morgan fingerprint density at radius 2 is 1.50 bits per heavy atom. The van der Waals surface area contributed by atoms with Gasteiger partial charge in [-0.05, 0) is 33.9 Å². The lowest BCUT2D eigenvalue weighted by molar-refractivity contribution is 1.37. The fourth-order valence-corrected chi connectivity index (χ4v) is 3.40. The molecule has 0 saturated heterocycles. The first-order chi connectivity index (χ1) is 9.93. The molecule has 0 bridgehead atoms. The first-order valence-electron chi connectivity index (χ1n) is 6.84. The van der Waals surface area contributed by atoms with Crippen LogP contribution in [0.2, 0.25) is 0 Å². The van der Waals surface area contributed by atoms with E-state index in [2.05, 4.69) is 65.6 Å². The van der Waals surface area contributed by atoms with E-state index in [9.17, 15) is 0 Å². The van der Waals surface area contributed by atoms with E-state index in [1.165, 1.54) is 38.2 Å². The zero-order valence-corrected chi connectivity index (χ0v) is 10.8. The Kier molecular flexibility index (Phi) is 1.75. The lowest BCUT2D eigenvalue weighted by atomic mass is 9.96. The third kappa shape index (κ3) is 1.11. The van der Waals surface area contributed by atoms with Crippen molar-refractivity contribution in [3.8, 4) is 22.4 Å². The number of pyridine rings is 1. The quantitative estimate of drug-likeness (QED) is 0.352. The summed E-state index contributed by atoms with van der Waals surface area (Å²) in [4.78, 5) is 4.63. The number of aromatic nitrogens is 1. The summed E-state index contributed by atoms with van der Waals surface area (Å²) >= 11 is 0. The van der Waals surface area contributed by atoms with Crippen molar-refractivity contribution in [2.24, 2.45) is 0 Å². The molecule has 4 aromatic rings. The van der Waals surface area contributed by atoms with Gasteiger partial charge in [0.25, 0.3) is 0 Å². The molecule has 0 N–H and O–H groups in total. The van der Waals surface area contributed by atoms with Gasteiger partial charge in [-0.2, -0.15) is 0 Å². The van der Waals surface area contributed by atoms with Gasteiger partial charge in [0.05, 0.1) is 5.69 Å². The van der Waals surface area contributed by atoms with Crippen LogP contribution in [0.5, 0.6) is 0 Å². The standard InChI is InChI=1S/C19H11N/c1-2-6-14-12(5-1)11-13-9-10-20-19-16-8-4-3-7-15(16)18(14)17(13)19/h1-11H. The van der Waals surface area contributed by atoms with Gasteiger partial charge in [-0.1, -0.05) is 48.5 Å². The zero-order chi connectivity index (χ0) is 13.1. The van der Waals surface area contributed by atoms with Crippen molar-refractivity contribution in [3.05, 3.63) is 66.9 Å². The summed E-state index contributed by atoms with van der Waals surface area (Å²) < 4.78 is 0. The summed E-state index contributed by atoms with van der Waals surface area (Å²) in [5.41, 5.74) is 5.03. The van der Waals surface area contributed by atoms with E-state index in [0.717, 1.165) is 5.69 Å². The Morgan fingerprint density at radius 1 is 0.700 bits per heavy atom. The smallest absolute Gasteiger partial charge is 0.0793 e. The van der Waals surface area contributed by atoms with Gasteiger partial charge in [-0.3, -0.25) is 4.98 Å². The van der Waals surface area contributed by atoms with Gasteiger partial charge in [0.1, 0.15) is 0 Å². The molecule has 1 heteroatoms. The van der Waals surface area contributed by atoms with Gasteiger partial charge in [0, 0.05) is 22.7 Å². The monoisotopic (exact) mass is 253 g/mol.